The standard InChI is InChI=1S/C13H19.C5H5.2ClH.Zr/c1-11-8-9-13(10-11)12-6-4-2-3-5-7-12;1-2-4-5-3-1;;;/h9,12H,2-8H2,1H3;1-3H,4H2;2*1H;/q;;;;+2/p-2. The first kappa shape index (κ1) is 19.5. The van der Waals surface area contributed by atoms with Crippen molar-refractivity contribution in [3.63, 3.8) is 0 Å². The molecule has 0 aliphatic heterocycles. The number of allylic oxidation sites excluding steroid dienone is 8. The summed E-state index contributed by atoms with van der Waals surface area (Å²) in [4.78, 5) is 0. The molecule has 0 amide bonds. The van der Waals surface area contributed by atoms with Crippen LogP contribution in [0.25, 0.3) is 0 Å². The van der Waals surface area contributed by atoms with Gasteiger partial charge in [-0.2, -0.15) is 0 Å². The van der Waals surface area contributed by atoms with Gasteiger partial charge in [0.25, 0.3) is 0 Å². The van der Waals surface area contributed by atoms with Crippen LogP contribution in [0.2, 0.25) is 0 Å². The third kappa shape index (κ3) is 4.95. The Bertz CT molecular complexity index is 464. The van der Waals surface area contributed by atoms with Gasteiger partial charge in [-0.25, -0.2) is 0 Å². The van der Waals surface area contributed by atoms with E-state index in [0.717, 1.165) is 5.92 Å². The van der Waals surface area contributed by atoms with Crippen molar-refractivity contribution in [2.24, 2.45) is 5.92 Å². The average Bonchev–Trinajstić information content (AvgIpc) is 2.95. The maximum absolute atomic E-state index is 2.59. The van der Waals surface area contributed by atoms with Crippen LogP contribution in [0, 0.1) is 5.92 Å². The van der Waals surface area contributed by atoms with E-state index < -0.39 is 23.2 Å². The molecule has 1 fully saturated rings. The van der Waals surface area contributed by atoms with E-state index in [9.17, 15) is 0 Å². The second-order valence-corrected chi connectivity index (χ2v) is 9.58. The van der Waals surface area contributed by atoms with Gasteiger partial charge in [0.05, 0.1) is 0 Å². The first-order valence-corrected chi connectivity index (χ1v) is 10.3. The molecular formula is C18H24Cl2Zr. The van der Waals surface area contributed by atoms with E-state index in [4.69, 9.17) is 0 Å². The van der Waals surface area contributed by atoms with Crippen LogP contribution in [-0.4, -0.2) is 0 Å². The number of rotatable bonds is 3. The minimum atomic E-state index is -0.488. The molecule has 1 saturated carbocycles. The summed E-state index contributed by atoms with van der Waals surface area (Å²) in [5.74, 6) is 0.908. The zero-order valence-electron chi connectivity index (χ0n) is 12.8. The molecule has 0 unspecified atom stereocenters. The van der Waals surface area contributed by atoms with Crippen LogP contribution in [0.15, 0.2) is 42.0 Å². The summed E-state index contributed by atoms with van der Waals surface area (Å²) in [5, 5.41) is 0. The molecule has 0 aromatic heterocycles. The number of halogens is 2. The predicted octanol–water partition coefficient (Wildman–Crippen LogP) is -0.505. The fraction of sp³-hybridized carbons (Fsp3) is 0.556. The molecule has 0 nitrogen and oxygen atoms in total. The quantitative estimate of drug-likeness (QED) is 0.559. The fourth-order valence-corrected chi connectivity index (χ4v) is 7.21. The Balaban J connectivity index is 0.00000110. The summed E-state index contributed by atoms with van der Waals surface area (Å²) in [6.45, 7) is 2.39. The van der Waals surface area contributed by atoms with Crippen molar-refractivity contribution in [1.29, 1.82) is 0 Å². The minimum absolute atomic E-state index is 0. The van der Waals surface area contributed by atoms with Gasteiger partial charge in [-0.1, -0.05) is 0 Å². The largest absolute Gasteiger partial charge is 1.00 e. The van der Waals surface area contributed by atoms with Crippen LogP contribution >= 0.6 is 0 Å². The zero-order valence-corrected chi connectivity index (χ0v) is 16.8. The molecule has 0 aromatic carbocycles. The maximum Gasteiger partial charge on any atom is -1.00 e. The van der Waals surface area contributed by atoms with Crippen molar-refractivity contribution in [2.45, 2.75) is 58.3 Å². The SMILES string of the molecule is CC1=[C]([Zr+2][C]2=CC=CC2)C(C2CCCCCC2)=CC1.[Cl-].[Cl-]. The van der Waals surface area contributed by atoms with Crippen molar-refractivity contribution in [2.75, 3.05) is 0 Å². The predicted molar refractivity (Wildman–Crippen MR) is 78.4 cm³/mol. The molecule has 3 aliphatic carbocycles. The molecule has 3 aliphatic rings. The van der Waals surface area contributed by atoms with E-state index in [-0.39, 0.29) is 24.8 Å². The van der Waals surface area contributed by atoms with Gasteiger partial charge in [0.1, 0.15) is 0 Å². The average molecular weight is 403 g/mol. The Morgan fingerprint density at radius 3 is 2.33 bits per heavy atom. The molecule has 0 aromatic rings. The molecule has 0 atom stereocenters. The van der Waals surface area contributed by atoms with Gasteiger partial charge < -0.3 is 24.8 Å². The van der Waals surface area contributed by atoms with Crippen LogP contribution < -0.4 is 24.8 Å². The molecule has 0 bridgehead atoms. The summed E-state index contributed by atoms with van der Waals surface area (Å²) in [6, 6.07) is 0. The second-order valence-electron chi connectivity index (χ2n) is 6.16. The summed E-state index contributed by atoms with van der Waals surface area (Å²) in [6.07, 6.45) is 20.9. The zero-order chi connectivity index (χ0) is 13.1. The Labute approximate surface area is 153 Å². The number of hydrogen-bond donors (Lipinski definition) is 0. The molecule has 114 valence electrons. The summed E-state index contributed by atoms with van der Waals surface area (Å²) >= 11 is -0.488. The van der Waals surface area contributed by atoms with Gasteiger partial charge in [-0.05, 0) is 0 Å². The normalized spacial score (nSPS) is 22.0. The monoisotopic (exact) mass is 400 g/mol. The molecule has 0 radical (unpaired) electrons. The Kier molecular flexibility index (Phi) is 8.84. The van der Waals surface area contributed by atoms with Gasteiger partial charge in [0, 0.05) is 0 Å². The van der Waals surface area contributed by atoms with Crippen LogP contribution in [0.3, 0.4) is 0 Å². The van der Waals surface area contributed by atoms with E-state index in [1.54, 1.807) is 14.4 Å². The third-order valence-corrected chi connectivity index (χ3v) is 8.77. The number of hydrogen-bond acceptors (Lipinski definition) is 0. The molecule has 3 rings (SSSR count). The van der Waals surface area contributed by atoms with Crippen molar-refractivity contribution >= 4 is 0 Å². The van der Waals surface area contributed by atoms with Crippen molar-refractivity contribution in [1.82, 2.24) is 0 Å². The third-order valence-electron chi connectivity index (χ3n) is 4.70. The topological polar surface area (TPSA) is 0 Å². The van der Waals surface area contributed by atoms with Gasteiger partial charge >= 0.3 is 129 Å². The van der Waals surface area contributed by atoms with E-state index in [1.807, 2.05) is 3.28 Å². The minimum Gasteiger partial charge on any atom is -1.00 e. The Morgan fingerprint density at radius 2 is 1.71 bits per heavy atom. The van der Waals surface area contributed by atoms with Gasteiger partial charge in [0.2, 0.25) is 0 Å². The molecule has 0 heterocycles. The first-order chi connectivity index (χ1) is 9.34. The van der Waals surface area contributed by atoms with E-state index >= 15 is 0 Å². The molecule has 0 saturated heterocycles. The smallest absolute Gasteiger partial charge is 1.00 e. The first-order valence-electron chi connectivity index (χ1n) is 7.87. The van der Waals surface area contributed by atoms with Gasteiger partial charge in [-0.15, -0.1) is 0 Å². The second kappa shape index (κ2) is 9.54. The van der Waals surface area contributed by atoms with E-state index in [0.29, 0.717) is 0 Å². The van der Waals surface area contributed by atoms with Crippen LogP contribution in [-0.2, 0) is 23.2 Å². The van der Waals surface area contributed by atoms with Crippen LogP contribution in [0.1, 0.15) is 58.3 Å². The Morgan fingerprint density at radius 1 is 1.00 bits per heavy atom. The molecule has 0 spiro atoms. The van der Waals surface area contributed by atoms with E-state index in [1.165, 1.54) is 51.4 Å². The van der Waals surface area contributed by atoms with Gasteiger partial charge in [-0.3, -0.25) is 0 Å². The van der Waals surface area contributed by atoms with Crippen molar-refractivity contribution in [3.05, 3.63) is 42.0 Å². The van der Waals surface area contributed by atoms with Crippen molar-refractivity contribution < 1.29 is 48.0 Å². The van der Waals surface area contributed by atoms with Crippen LogP contribution in [0.5, 0.6) is 0 Å². The van der Waals surface area contributed by atoms with Crippen molar-refractivity contribution in [3.8, 4) is 0 Å². The van der Waals surface area contributed by atoms with Gasteiger partial charge in [0.15, 0.2) is 0 Å². The summed E-state index contributed by atoms with van der Waals surface area (Å²) in [7, 11) is 0. The molecule has 21 heavy (non-hydrogen) atoms. The maximum atomic E-state index is 2.59. The Hall–Kier alpha value is 0.423. The van der Waals surface area contributed by atoms with Crippen LogP contribution in [0.4, 0.5) is 0 Å². The fourth-order valence-electron chi connectivity index (χ4n) is 3.55. The molecule has 3 heteroatoms. The summed E-state index contributed by atoms with van der Waals surface area (Å²) in [5.41, 5.74) is 3.51. The molecule has 0 N–H and O–H groups in total. The van der Waals surface area contributed by atoms with E-state index in [2.05, 4.69) is 31.2 Å². The molecular weight excluding hydrogens is 378 g/mol. The summed E-state index contributed by atoms with van der Waals surface area (Å²) < 4.78 is 3.64.